The van der Waals surface area contributed by atoms with Gasteiger partial charge in [0.1, 0.15) is 12.2 Å². The van der Waals surface area contributed by atoms with Gasteiger partial charge in [0, 0.05) is 24.5 Å². The van der Waals surface area contributed by atoms with E-state index in [1.54, 1.807) is 0 Å². The molecule has 0 saturated carbocycles. The minimum atomic E-state index is -3.93. The molecule has 0 spiro atoms. The van der Waals surface area contributed by atoms with Crippen LogP contribution in [0, 0.1) is 0 Å². The number of ether oxygens (including phenoxy) is 4. The van der Waals surface area contributed by atoms with E-state index in [0.717, 1.165) is 11.3 Å². The van der Waals surface area contributed by atoms with Crippen molar-refractivity contribution >= 4 is 39.4 Å². The first-order valence-electron chi connectivity index (χ1n) is 9.03. The van der Waals surface area contributed by atoms with Crippen molar-refractivity contribution in [1.29, 1.82) is 0 Å². The molecule has 0 N–H and O–H groups in total. The molecule has 0 bridgehead atoms. The van der Waals surface area contributed by atoms with Crippen LogP contribution in [0.2, 0.25) is 0 Å². The summed E-state index contributed by atoms with van der Waals surface area (Å²) in [6.45, 7) is 0.158. The zero-order chi connectivity index (χ0) is 22.1. The molecule has 1 amide bonds. The lowest BCUT2D eigenvalue weighted by molar-refractivity contribution is -0.145. The standard InChI is InChI=1S/C17H22N2O9S2/c1-25-13-11(14(20)26-2)9-29-16(13)30(23,24)18-6-4-10(5-7-18)19-12(15(21)27-3)8-28-17(19)22/h9-10,12H,4-8H2,1-3H3/t12-/m0/s1. The highest BCUT2D eigenvalue weighted by atomic mass is 32.2. The Kier molecular flexibility index (Phi) is 6.53. The second-order valence-electron chi connectivity index (χ2n) is 6.62. The first-order chi connectivity index (χ1) is 14.3. The van der Waals surface area contributed by atoms with Crippen LogP contribution in [-0.2, 0) is 29.0 Å². The van der Waals surface area contributed by atoms with E-state index in [2.05, 4.69) is 4.74 Å². The number of piperidine rings is 1. The van der Waals surface area contributed by atoms with Gasteiger partial charge in [-0.25, -0.2) is 22.8 Å². The Bertz CT molecular complexity index is 935. The van der Waals surface area contributed by atoms with Crippen LogP contribution in [0.1, 0.15) is 23.2 Å². The Morgan fingerprint density at radius 2 is 1.83 bits per heavy atom. The molecule has 1 aromatic heterocycles. The minimum absolute atomic E-state index is 0.0409. The van der Waals surface area contributed by atoms with Crippen molar-refractivity contribution in [2.45, 2.75) is 29.1 Å². The number of hydrogen-bond acceptors (Lipinski definition) is 10. The van der Waals surface area contributed by atoms with Gasteiger partial charge in [0.15, 0.2) is 16.0 Å². The van der Waals surface area contributed by atoms with Crippen molar-refractivity contribution in [2.24, 2.45) is 0 Å². The van der Waals surface area contributed by atoms with E-state index in [9.17, 15) is 22.8 Å². The van der Waals surface area contributed by atoms with Crippen LogP contribution >= 0.6 is 11.3 Å². The van der Waals surface area contributed by atoms with Gasteiger partial charge < -0.3 is 18.9 Å². The maximum atomic E-state index is 13.1. The van der Waals surface area contributed by atoms with E-state index >= 15 is 0 Å². The molecule has 166 valence electrons. The molecule has 1 aromatic rings. The fraction of sp³-hybridized carbons (Fsp3) is 0.588. The van der Waals surface area contributed by atoms with Crippen LogP contribution in [-0.4, -0.2) is 88.8 Å². The number of carbonyl (C=O) groups excluding carboxylic acids is 3. The highest BCUT2D eigenvalue weighted by Crippen LogP contribution is 2.38. The summed E-state index contributed by atoms with van der Waals surface area (Å²) in [5.41, 5.74) is 0.0409. The molecule has 0 radical (unpaired) electrons. The third kappa shape index (κ3) is 3.84. The van der Waals surface area contributed by atoms with Gasteiger partial charge in [0.25, 0.3) is 10.0 Å². The van der Waals surface area contributed by atoms with Crippen LogP contribution in [0.25, 0.3) is 0 Å². The number of esters is 2. The number of nitrogens with zero attached hydrogens (tertiary/aromatic N) is 2. The normalized spacial score (nSPS) is 20.7. The molecule has 0 aromatic carbocycles. The van der Waals surface area contributed by atoms with E-state index in [1.165, 1.54) is 35.9 Å². The average molecular weight is 463 g/mol. The second-order valence-corrected chi connectivity index (χ2v) is 9.63. The molecule has 0 aliphatic carbocycles. The molecule has 30 heavy (non-hydrogen) atoms. The smallest absolute Gasteiger partial charge is 0.410 e. The lowest BCUT2D eigenvalue weighted by atomic mass is 10.0. The summed E-state index contributed by atoms with van der Waals surface area (Å²) < 4.78 is 47.0. The number of methoxy groups -OCH3 is 3. The number of cyclic esters (lactones) is 1. The maximum Gasteiger partial charge on any atom is 0.410 e. The largest absolute Gasteiger partial charge is 0.494 e. The number of carbonyl (C=O) groups is 3. The van der Waals surface area contributed by atoms with Gasteiger partial charge in [-0.15, -0.1) is 11.3 Å². The van der Waals surface area contributed by atoms with Crippen LogP contribution < -0.4 is 4.74 Å². The molecular formula is C17H22N2O9S2. The van der Waals surface area contributed by atoms with Gasteiger partial charge >= 0.3 is 18.0 Å². The highest BCUT2D eigenvalue weighted by molar-refractivity contribution is 7.91. The van der Waals surface area contributed by atoms with Gasteiger partial charge in [-0.2, -0.15) is 4.31 Å². The summed E-state index contributed by atoms with van der Waals surface area (Å²) in [5.74, 6) is -1.32. The summed E-state index contributed by atoms with van der Waals surface area (Å²) in [5, 5.41) is 1.38. The summed E-state index contributed by atoms with van der Waals surface area (Å²) in [6.07, 6.45) is 0.0213. The quantitative estimate of drug-likeness (QED) is 0.443. The van der Waals surface area contributed by atoms with E-state index in [-0.39, 0.29) is 41.3 Å². The maximum absolute atomic E-state index is 13.1. The van der Waals surface area contributed by atoms with E-state index in [1.807, 2.05) is 0 Å². The molecular weight excluding hydrogens is 440 g/mol. The van der Waals surface area contributed by atoms with E-state index in [0.29, 0.717) is 12.8 Å². The Morgan fingerprint density at radius 1 is 1.17 bits per heavy atom. The number of amides is 1. The van der Waals surface area contributed by atoms with E-state index in [4.69, 9.17) is 14.2 Å². The fourth-order valence-electron chi connectivity index (χ4n) is 3.58. The molecule has 2 aliphatic rings. The summed E-state index contributed by atoms with van der Waals surface area (Å²) in [7, 11) is -0.215. The van der Waals surface area contributed by atoms with Crippen LogP contribution in [0.3, 0.4) is 0 Å². The molecule has 2 fully saturated rings. The Hall–Kier alpha value is -2.38. The topological polar surface area (TPSA) is 129 Å². The minimum Gasteiger partial charge on any atom is -0.494 e. The molecule has 13 heteroatoms. The predicted octanol–water partition coefficient (Wildman–Crippen LogP) is 0.690. The lowest BCUT2D eigenvalue weighted by Gasteiger charge is -2.36. The molecule has 2 saturated heterocycles. The van der Waals surface area contributed by atoms with Crippen molar-refractivity contribution in [3.05, 3.63) is 10.9 Å². The van der Waals surface area contributed by atoms with Crippen LogP contribution in [0.5, 0.6) is 5.75 Å². The number of thiophene rings is 1. The number of hydrogen-bond donors (Lipinski definition) is 0. The Labute approximate surface area is 177 Å². The van der Waals surface area contributed by atoms with Crippen molar-refractivity contribution in [1.82, 2.24) is 9.21 Å². The summed E-state index contributed by atoms with van der Waals surface area (Å²) >= 11 is 0.878. The Balaban J connectivity index is 1.76. The van der Waals surface area contributed by atoms with Gasteiger partial charge in [0.2, 0.25) is 0 Å². The van der Waals surface area contributed by atoms with E-state index < -0.39 is 34.1 Å². The molecule has 2 aliphatic heterocycles. The van der Waals surface area contributed by atoms with Crippen molar-refractivity contribution < 1.29 is 41.7 Å². The first-order valence-corrected chi connectivity index (χ1v) is 11.3. The molecule has 3 rings (SSSR count). The molecule has 3 heterocycles. The Morgan fingerprint density at radius 3 is 2.40 bits per heavy atom. The average Bonchev–Trinajstić information content (AvgIpc) is 3.36. The molecule has 11 nitrogen and oxygen atoms in total. The molecule has 1 atom stereocenters. The third-order valence-electron chi connectivity index (χ3n) is 5.10. The van der Waals surface area contributed by atoms with Crippen molar-refractivity contribution in [2.75, 3.05) is 41.0 Å². The predicted molar refractivity (Wildman–Crippen MR) is 103 cm³/mol. The van der Waals surface area contributed by atoms with Gasteiger partial charge in [0.05, 0.1) is 21.3 Å². The van der Waals surface area contributed by atoms with Crippen LogP contribution in [0.4, 0.5) is 4.79 Å². The van der Waals surface area contributed by atoms with Crippen LogP contribution in [0.15, 0.2) is 9.59 Å². The van der Waals surface area contributed by atoms with Crippen molar-refractivity contribution in [3.8, 4) is 5.75 Å². The summed E-state index contributed by atoms with van der Waals surface area (Å²) in [6, 6.07) is -1.19. The second kappa shape index (κ2) is 8.78. The fourth-order valence-corrected chi connectivity index (χ4v) is 6.61. The summed E-state index contributed by atoms with van der Waals surface area (Å²) in [4.78, 5) is 37.2. The highest BCUT2D eigenvalue weighted by Gasteiger charge is 2.45. The van der Waals surface area contributed by atoms with Crippen molar-refractivity contribution in [3.63, 3.8) is 0 Å². The lowest BCUT2D eigenvalue weighted by Crippen LogP contribution is -2.51. The zero-order valence-electron chi connectivity index (χ0n) is 16.7. The zero-order valence-corrected chi connectivity index (χ0v) is 18.3. The molecule has 0 unspecified atom stereocenters. The van der Waals surface area contributed by atoms with Gasteiger partial charge in [-0.05, 0) is 12.8 Å². The monoisotopic (exact) mass is 462 g/mol. The number of sulfonamides is 1. The van der Waals surface area contributed by atoms with Gasteiger partial charge in [-0.3, -0.25) is 4.90 Å². The third-order valence-corrected chi connectivity index (χ3v) is 8.47. The number of rotatable bonds is 6. The first kappa shape index (κ1) is 22.3. The SMILES string of the molecule is COC(=O)c1csc(S(=O)(=O)N2CCC(N3C(=O)OC[C@H]3C(=O)OC)CC2)c1OC. The van der Waals surface area contributed by atoms with Gasteiger partial charge in [-0.1, -0.05) is 0 Å².